The molecule has 106 valence electrons. The molecular weight excluding hydrogens is 246 g/mol. The average Bonchev–Trinajstić information content (AvgIpc) is 2.48. The summed E-state index contributed by atoms with van der Waals surface area (Å²) in [6, 6.07) is 15.3. The van der Waals surface area contributed by atoms with Crippen molar-refractivity contribution in [2.75, 3.05) is 13.2 Å². The van der Waals surface area contributed by atoms with E-state index < -0.39 is 0 Å². The zero-order chi connectivity index (χ0) is 13.8. The molecule has 3 rings (SSSR count). The van der Waals surface area contributed by atoms with Gasteiger partial charge in [-0.25, -0.2) is 0 Å². The zero-order valence-corrected chi connectivity index (χ0v) is 11.9. The topological polar surface area (TPSA) is 35.2 Å². The first-order chi connectivity index (χ1) is 9.83. The molecule has 0 amide bonds. The first-order valence-electron chi connectivity index (χ1n) is 7.63. The molecule has 1 heterocycles. The number of nitrogens with two attached hydrogens (primary N) is 1. The van der Waals surface area contributed by atoms with Crippen molar-refractivity contribution in [1.82, 2.24) is 0 Å². The van der Waals surface area contributed by atoms with Crippen LogP contribution in [-0.2, 0) is 11.2 Å². The fraction of sp³-hybridized carbons (Fsp3) is 0.444. The van der Waals surface area contributed by atoms with Crippen LogP contribution in [0.2, 0.25) is 0 Å². The summed E-state index contributed by atoms with van der Waals surface area (Å²) in [6.45, 7) is 1.82. The van der Waals surface area contributed by atoms with E-state index in [0.717, 1.165) is 32.0 Å². The van der Waals surface area contributed by atoms with Gasteiger partial charge in [0.05, 0.1) is 0 Å². The van der Waals surface area contributed by atoms with E-state index in [4.69, 9.17) is 10.5 Å². The Hall–Kier alpha value is -1.38. The minimum Gasteiger partial charge on any atom is -0.381 e. The first kappa shape index (κ1) is 13.6. The number of benzene rings is 2. The molecule has 1 aliphatic heterocycles. The maximum Gasteiger partial charge on any atom is 0.0468 e. The van der Waals surface area contributed by atoms with Crippen molar-refractivity contribution in [2.45, 2.75) is 31.7 Å². The number of hydrogen-bond acceptors (Lipinski definition) is 2. The maximum absolute atomic E-state index is 6.39. The standard InChI is InChI=1S/C18H23NO/c19-17(12-14-8-10-20-11-9-14)13-16-6-3-5-15-4-1-2-7-18(15)16/h1-7,14,17H,8-13,19H2. The second kappa shape index (κ2) is 6.38. The van der Waals surface area contributed by atoms with E-state index in [9.17, 15) is 0 Å². The molecule has 20 heavy (non-hydrogen) atoms. The fourth-order valence-electron chi connectivity index (χ4n) is 3.25. The Morgan fingerprint density at radius 1 is 1.05 bits per heavy atom. The van der Waals surface area contributed by atoms with Crippen molar-refractivity contribution < 1.29 is 4.74 Å². The molecule has 1 saturated heterocycles. The quantitative estimate of drug-likeness (QED) is 0.921. The molecule has 1 fully saturated rings. The van der Waals surface area contributed by atoms with Crippen LogP contribution >= 0.6 is 0 Å². The summed E-state index contributed by atoms with van der Waals surface area (Å²) in [5, 5.41) is 2.65. The highest BCUT2D eigenvalue weighted by atomic mass is 16.5. The molecule has 2 nitrogen and oxygen atoms in total. The highest BCUT2D eigenvalue weighted by Gasteiger charge is 2.17. The molecule has 0 bridgehead atoms. The third-order valence-electron chi connectivity index (χ3n) is 4.34. The molecule has 1 unspecified atom stereocenters. The number of rotatable bonds is 4. The zero-order valence-electron chi connectivity index (χ0n) is 11.9. The van der Waals surface area contributed by atoms with Gasteiger partial charge in [-0.15, -0.1) is 0 Å². The van der Waals surface area contributed by atoms with Crippen molar-refractivity contribution >= 4 is 10.8 Å². The molecule has 2 aromatic rings. The molecule has 2 aromatic carbocycles. The van der Waals surface area contributed by atoms with Gasteiger partial charge in [-0.3, -0.25) is 0 Å². The lowest BCUT2D eigenvalue weighted by Crippen LogP contribution is -2.28. The summed E-state index contributed by atoms with van der Waals surface area (Å²) in [4.78, 5) is 0. The third kappa shape index (κ3) is 3.20. The smallest absolute Gasteiger partial charge is 0.0468 e. The molecule has 1 aliphatic rings. The summed E-state index contributed by atoms with van der Waals surface area (Å²) in [5.41, 5.74) is 7.76. The summed E-state index contributed by atoms with van der Waals surface area (Å²) in [5.74, 6) is 0.744. The number of hydrogen-bond donors (Lipinski definition) is 1. The predicted octanol–water partition coefficient (Wildman–Crippen LogP) is 3.53. The van der Waals surface area contributed by atoms with Gasteiger partial charge in [-0.05, 0) is 47.9 Å². The second-order valence-electron chi connectivity index (χ2n) is 5.89. The highest BCUT2D eigenvalue weighted by molar-refractivity contribution is 5.85. The van der Waals surface area contributed by atoms with Crippen molar-refractivity contribution in [2.24, 2.45) is 11.7 Å². The lowest BCUT2D eigenvalue weighted by atomic mass is 9.89. The minimum atomic E-state index is 0.254. The normalized spacial score (nSPS) is 18.2. The van der Waals surface area contributed by atoms with Crippen LogP contribution in [0.25, 0.3) is 10.8 Å². The van der Waals surface area contributed by atoms with Crippen molar-refractivity contribution in [3.63, 3.8) is 0 Å². The molecule has 0 aliphatic carbocycles. The van der Waals surface area contributed by atoms with Gasteiger partial charge >= 0.3 is 0 Å². The molecule has 0 radical (unpaired) electrons. The summed E-state index contributed by atoms with van der Waals surface area (Å²) < 4.78 is 5.42. The SMILES string of the molecule is NC(Cc1cccc2ccccc12)CC1CCOCC1. The van der Waals surface area contributed by atoms with Crippen LogP contribution in [-0.4, -0.2) is 19.3 Å². The molecule has 1 atom stereocenters. The summed E-state index contributed by atoms with van der Waals surface area (Å²) in [7, 11) is 0. The van der Waals surface area contributed by atoms with Crippen molar-refractivity contribution in [3.05, 3.63) is 48.0 Å². The lowest BCUT2D eigenvalue weighted by molar-refractivity contribution is 0.0619. The van der Waals surface area contributed by atoms with Gasteiger partial charge in [0.25, 0.3) is 0 Å². The van der Waals surface area contributed by atoms with Crippen LogP contribution in [0, 0.1) is 5.92 Å². The largest absolute Gasteiger partial charge is 0.381 e. The predicted molar refractivity (Wildman–Crippen MR) is 83.8 cm³/mol. The van der Waals surface area contributed by atoms with Crippen LogP contribution in [0.4, 0.5) is 0 Å². The van der Waals surface area contributed by atoms with Crippen LogP contribution in [0.5, 0.6) is 0 Å². The van der Waals surface area contributed by atoms with E-state index in [1.807, 2.05) is 0 Å². The van der Waals surface area contributed by atoms with Gasteiger partial charge in [0, 0.05) is 19.3 Å². The molecule has 0 aromatic heterocycles. The average molecular weight is 269 g/mol. The van der Waals surface area contributed by atoms with Crippen LogP contribution in [0.15, 0.2) is 42.5 Å². The van der Waals surface area contributed by atoms with E-state index >= 15 is 0 Å². The Morgan fingerprint density at radius 3 is 2.65 bits per heavy atom. The highest BCUT2D eigenvalue weighted by Crippen LogP contribution is 2.23. The van der Waals surface area contributed by atoms with Crippen LogP contribution in [0.3, 0.4) is 0 Å². The summed E-state index contributed by atoms with van der Waals surface area (Å²) >= 11 is 0. The van der Waals surface area contributed by atoms with Crippen LogP contribution in [0.1, 0.15) is 24.8 Å². The van der Waals surface area contributed by atoms with Crippen molar-refractivity contribution in [1.29, 1.82) is 0 Å². The Bertz CT molecular complexity index is 555. The molecule has 2 N–H and O–H groups in total. The van der Waals surface area contributed by atoms with E-state index in [1.54, 1.807) is 0 Å². The third-order valence-corrected chi connectivity index (χ3v) is 4.34. The maximum atomic E-state index is 6.39. The van der Waals surface area contributed by atoms with E-state index in [-0.39, 0.29) is 6.04 Å². The van der Waals surface area contributed by atoms with Crippen molar-refractivity contribution in [3.8, 4) is 0 Å². The molecule has 0 spiro atoms. The van der Waals surface area contributed by atoms with Gasteiger partial charge in [0.1, 0.15) is 0 Å². The van der Waals surface area contributed by atoms with Gasteiger partial charge < -0.3 is 10.5 Å². The first-order valence-corrected chi connectivity index (χ1v) is 7.63. The Balaban J connectivity index is 1.69. The molecule has 0 saturated carbocycles. The Labute approximate surface area is 120 Å². The second-order valence-corrected chi connectivity index (χ2v) is 5.89. The Kier molecular flexibility index (Phi) is 4.34. The number of fused-ring (bicyclic) bond motifs is 1. The van der Waals surface area contributed by atoms with E-state index in [1.165, 1.54) is 29.2 Å². The van der Waals surface area contributed by atoms with Gasteiger partial charge in [-0.2, -0.15) is 0 Å². The fourth-order valence-corrected chi connectivity index (χ4v) is 3.25. The summed E-state index contributed by atoms with van der Waals surface area (Å²) in [6.07, 6.45) is 4.43. The number of ether oxygens (including phenoxy) is 1. The Morgan fingerprint density at radius 2 is 1.80 bits per heavy atom. The molecule has 2 heteroatoms. The lowest BCUT2D eigenvalue weighted by Gasteiger charge is -2.25. The van der Waals surface area contributed by atoms with Gasteiger partial charge in [0.15, 0.2) is 0 Å². The van der Waals surface area contributed by atoms with Crippen LogP contribution < -0.4 is 5.73 Å². The van der Waals surface area contributed by atoms with Gasteiger partial charge in [-0.1, -0.05) is 42.5 Å². The van der Waals surface area contributed by atoms with E-state index in [0.29, 0.717) is 0 Å². The monoisotopic (exact) mass is 269 g/mol. The molecular formula is C18H23NO. The van der Waals surface area contributed by atoms with E-state index in [2.05, 4.69) is 42.5 Å². The van der Waals surface area contributed by atoms with Gasteiger partial charge in [0.2, 0.25) is 0 Å². The minimum absolute atomic E-state index is 0.254.